The fourth-order valence-corrected chi connectivity index (χ4v) is 7.06. The summed E-state index contributed by atoms with van der Waals surface area (Å²) in [4.78, 5) is 18.0. The Kier molecular flexibility index (Phi) is 5.84. The zero-order chi connectivity index (χ0) is 21.5. The molecule has 30 heavy (non-hydrogen) atoms. The Balaban J connectivity index is 1.68. The first-order valence-corrected chi connectivity index (χ1v) is 12.4. The van der Waals surface area contributed by atoms with E-state index in [1.54, 1.807) is 12.1 Å². The Labute approximate surface area is 186 Å². The first kappa shape index (κ1) is 21.2. The number of hydrogen-bond acceptors (Lipinski definition) is 5. The van der Waals surface area contributed by atoms with Crippen LogP contribution in [0.3, 0.4) is 0 Å². The molecule has 0 saturated carbocycles. The molecule has 2 aromatic carbocycles. The van der Waals surface area contributed by atoms with Crippen molar-refractivity contribution in [1.82, 2.24) is 8.87 Å². The van der Waals surface area contributed by atoms with Crippen LogP contribution in [0.5, 0.6) is 5.75 Å². The van der Waals surface area contributed by atoms with Crippen LogP contribution in [0, 0.1) is 0 Å². The third-order valence-corrected chi connectivity index (χ3v) is 8.79. The van der Waals surface area contributed by atoms with Gasteiger partial charge in [-0.2, -0.15) is 9.30 Å². The number of para-hydroxylation sites is 1. The smallest absolute Gasteiger partial charge is 0.266 e. The first-order valence-electron chi connectivity index (χ1n) is 9.31. The molecule has 158 valence electrons. The summed E-state index contributed by atoms with van der Waals surface area (Å²) >= 11 is 4.93. The maximum atomic E-state index is 13.1. The summed E-state index contributed by atoms with van der Waals surface area (Å²) < 4.78 is 36.4. The molecule has 7 nitrogen and oxygen atoms in total. The number of aromatic nitrogens is 1. The van der Waals surface area contributed by atoms with Crippen molar-refractivity contribution in [3.63, 3.8) is 0 Å². The molecule has 1 aliphatic rings. The number of fused-ring (bicyclic) bond motifs is 1. The highest BCUT2D eigenvalue weighted by molar-refractivity contribution is 9.10. The van der Waals surface area contributed by atoms with Gasteiger partial charge in [0.1, 0.15) is 11.8 Å². The normalized spacial score (nSPS) is 18.2. The lowest BCUT2D eigenvalue weighted by molar-refractivity contribution is -0.121. The second-order valence-corrected chi connectivity index (χ2v) is 10.7. The van der Waals surface area contributed by atoms with E-state index in [0.29, 0.717) is 29.9 Å². The molecule has 4 rings (SSSR count). The van der Waals surface area contributed by atoms with Crippen LogP contribution in [0.2, 0.25) is 0 Å². The number of rotatable bonds is 4. The van der Waals surface area contributed by atoms with Gasteiger partial charge in [-0.25, -0.2) is 8.42 Å². The number of ether oxygens (including phenoxy) is 1. The van der Waals surface area contributed by atoms with Crippen LogP contribution in [0.1, 0.15) is 12.8 Å². The predicted octanol–water partition coefficient (Wildman–Crippen LogP) is 3.29. The average molecular weight is 510 g/mol. The Morgan fingerprint density at radius 3 is 2.63 bits per heavy atom. The van der Waals surface area contributed by atoms with Crippen molar-refractivity contribution in [2.45, 2.75) is 23.8 Å². The monoisotopic (exact) mass is 509 g/mol. The van der Waals surface area contributed by atoms with Gasteiger partial charge in [0.15, 0.2) is 4.80 Å². The van der Waals surface area contributed by atoms with Gasteiger partial charge in [0.25, 0.3) is 5.91 Å². The van der Waals surface area contributed by atoms with Crippen LogP contribution in [-0.4, -0.2) is 42.9 Å². The molecule has 1 saturated heterocycles. The third-order valence-electron chi connectivity index (χ3n) is 5.13. The number of amides is 1. The molecule has 2 heterocycles. The molecule has 0 spiro atoms. The summed E-state index contributed by atoms with van der Waals surface area (Å²) in [5.41, 5.74) is 0.947. The van der Waals surface area contributed by atoms with Crippen LogP contribution in [0.15, 0.2) is 56.8 Å². The van der Waals surface area contributed by atoms with Crippen LogP contribution >= 0.6 is 27.3 Å². The standard InChI is InChI=1S/C20H20BrN3O4S2/c1-23-18-15(21)5-3-7-17(18)29-20(23)22-19(25)16-6-4-12-24(16)30(26,27)14-10-8-13(28-2)9-11-14/h3,5,7-11,16H,4,6,12H2,1-2H3. The Morgan fingerprint density at radius 2 is 1.97 bits per heavy atom. The van der Waals surface area contributed by atoms with Crippen molar-refractivity contribution in [2.24, 2.45) is 12.0 Å². The van der Waals surface area contributed by atoms with Gasteiger partial charge in [-0.3, -0.25) is 4.79 Å². The fourth-order valence-electron chi connectivity index (χ4n) is 3.59. The highest BCUT2D eigenvalue weighted by Crippen LogP contribution is 2.28. The van der Waals surface area contributed by atoms with E-state index in [1.807, 2.05) is 29.8 Å². The van der Waals surface area contributed by atoms with E-state index in [1.165, 1.54) is 34.9 Å². The molecule has 10 heteroatoms. The SMILES string of the molecule is COc1ccc(S(=O)(=O)N2CCCC2C(=O)N=c2sc3cccc(Br)c3n2C)cc1. The van der Waals surface area contributed by atoms with E-state index in [2.05, 4.69) is 20.9 Å². The van der Waals surface area contributed by atoms with E-state index in [0.717, 1.165) is 14.7 Å². The molecule has 0 bridgehead atoms. The quantitative estimate of drug-likeness (QED) is 0.540. The van der Waals surface area contributed by atoms with Gasteiger partial charge in [0.05, 0.1) is 22.2 Å². The van der Waals surface area contributed by atoms with Crippen molar-refractivity contribution in [2.75, 3.05) is 13.7 Å². The van der Waals surface area contributed by atoms with Gasteiger partial charge in [-0.1, -0.05) is 17.4 Å². The number of thiazole rings is 1. The second-order valence-electron chi connectivity index (χ2n) is 6.93. The zero-order valence-corrected chi connectivity index (χ0v) is 19.6. The molecule has 0 radical (unpaired) electrons. The number of carbonyl (C=O) groups is 1. The number of halogens is 1. The molecule has 1 amide bonds. The summed E-state index contributed by atoms with van der Waals surface area (Å²) in [5.74, 6) is 0.129. The molecular formula is C20H20BrN3O4S2. The summed E-state index contributed by atoms with van der Waals surface area (Å²) in [6.45, 7) is 0.296. The first-order chi connectivity index (χ1) is 14.3. The lowest BCUT2D eigenvalue weighted by atomic mass is 10.2. The van der Waals surface area contributed by atoms with Gasteiger partial charge in [-0.15, -0.1) is 0 Å². The minimum Gasteiger partial charge on any atom is -0.497 e. The van der Waals surface area contributed by atoms with E-state index in [-0.39, 0.29) is 4.90 Å². The number of methoxy groups -OCH3 is 1. The lowest BCUT2D eigenvalue weighted by Crippen LogP contribution is -2.40. The zero-order valence-electron chi connectivity index (χ0n) is 16.4. The summed E-state index contributed by atoms with van der Waals surface area (Å²) in [5, 5.41) is 0. The summed E-state index contributed by atoms with van der Waals surface area (Å²) in [7, 11) is -0.442. The van der Waals surface area contributed by atoms with E-state index >= 15 is 0 Å². The second kappa shape index (κ2) is 8.26. The van der Waals surface area contributed by atoms with Crippen molar-refractivity contribution in [3.05, 3.63) is 51.7 Å². The van der Waals surface area contributed by atoms with Crippen LogP contribution in [-0.2, 0) is 21.9 Å². The minimum absolute atomic E-state index is 0.138. The molecule has 1 unspecified atom stereocenters. The van der Waals surface area contributed by atoms with Gasteiger partial charge in [-0.05, 0) is 65.2 Å². The van der Waals surface area contributed by atoms with Crippen molar-refractivity contribution in [1.29, 1.82) is 0 Å². The lowest BCUT2D eigenvalue weighted by Gasteiger charge is -2.21. The Morgan fingerprint density at radius 1 is 1.23 bits per heavy atom. The van der Waals surface area contributed by atoms with Gasteiger partial charge in [0.2, 0.25) is 10.0 Å². The number of sulfonamides is 1. The highest BCUT2D eigenvalue weighted by atomic mass is 79.9. The van der Waals surface area contributed by atoms with Gasteiger partial charge in [0, 0.05) is 18.1 Å². The van der Waals surface area contributed by atoms with E-state index < -0.39 is 22.0 Å². The topological polar surface area (TPSA) is 81.0 Å². The van der Waals surface area contributed by atoms with Crippen LogP contribution in [0.4, 0.5) is 0 Å². The van der Waals surface area contributed by atoms with Crippen LogP contribution < -0.4 is 9.54 Å². The van der Waals surface area contributed by atoms with Gasteiger partial charge < -0.3 is 9.30 Å². The molecule has 0 aliphatic carbocycles. The maximum Gasteiger partial charge on any atom is 0.266 e. The molecular weight excluding hydrogens is 490 g/mol. The largest absolute Gasteiger partial charge is 0.497 e. The number of aryl methyl sites for hydroxylation is 1. The van der Waals surface area contributed by atoms with Crippen molar-refractivity contribution >= 4 is 53.4 Å². The molecule has 3 aromatic rings. The maximum absolute atomic E-state index is 13.1. The molecule has 1 fully saturated rings. The Bertz CT molecular complexity index is 1280. The third kappa shape index (κ3) is 3.73. The average Bonchev–Trinajstić information content (AvgIpc) is 3.35. The summed E-state index contributed by atoms with van der Waals surface area (Å²) in [6, 6.07) is 11.2. The van der Waals surface area contributed by atoms with Crippen molar-refractivity contribution in [3.8, 4) is 5.75 Å². The van der Waals surface area contributed by atoms with Gasteiger partial charge >= 0.3 is 0 Å². The summed E-state index contributed by atoms with van der Waals surface area (Å²) in [6.07, 6.45) is 1.07. The number of hydrogen-bond donors (Lipinski definition) is 0. The number of carbonyl (C=O) groups excluding carboxylic acids is 1. The minimum atomic E-state index is -3.81. The molecule has 0 N–H and O–H groups in total. The predicted molar refractivity (Wildman–Crippen MR) is 119 cm³/mol. The van der Waals surface area contributed by atoms with E-state index in [9.17, 15) is 13.2 Å². The number of nitrogens with zero attached hydrogens (tertiary/aromatic N) is 3. The molecule has 1 aromatic heterocycles. The molecule has 1 aliphatic heterocycles. The van der Waals surface area contributed by atoms with Crippen LogP contribution in [0.25, 0.3) is 10.2 Å². The highest BCUT2D eigenvalue weighted by Gasteiger charge is 2.39. The Hall–Kier alpha value is -2.01. The van der Waals surface area contributed by atoms with Crippen molar-refractivity contribution < 1.29 is 17.9 Å². The molecule has 1 atom stereocenters. The fraction of sp³-hybridized carbons (Fsp3) is 0.300. The van der Waals surface area contributed by atoms with E-state index in [4.69, 9.17) is 4.74 Å². The number of benzene rings is 2.